The van der Waals surface area contributed by atoms with Crippen LogP contribution in [0.15, 0.2) is 54.6 Å². The Morgan fingerprint density at radius 2 is 1.75 bits per heavy atom. The molecule has 0 amide bonds. The number of carbonyl (C=O) groups is 1. The van der Waals surface area contributed by atoms with Gasteiger partial charge < -0.3 is 14.6 Å². The minimum Gasteiger partial charge on any atom is -0.461 e. The minimum absolute atomic E-state index is 0.105. The van der Waals surface area contributed by atoms with E-state index in [-0.39, 0.29) is 18.9 Å². The van der Waals surface area contributed by atoms with Crippen LogP contribution in [0, 0.1) is 10.1 Å². The van der Waals surface area contributed by atoms with Crippen molar-refractivity contribution in [1.29, 1.82) is 0 Å². The molecule has 7 heteroatoms. The zero-order valence-corrected chi connectivity index (χ0v) is 12.6. The van der Waals surface area contributed by atoms with Gasteiger partial charge in [-0.1, -0.05) is 30.3 Å². The van der Waals surface area contributed by atoms with Crippen LogP contribution in [0.5, 0.6) is 0 Å². The van der Waals surface area contributed by atoms with Crippen LogP contribution in [0.1, 0.15) is 17.2 Å². The fraction of sp³-hybridized carbons (Fsp3) is 0.235. The predicted molar refractivity (Wildman–Crippen MR) is 83.1 cm³/mol. The standard InChI is InChI=1S/C17H15NO6/c19-15(12-6-8-14(9-7-12)18(21)22)17(13-4-2-1-3-5-13)16(20)23-10-11-24-17/h1-9,15,19H,10-11H2/t15-,17-/m1/s1. The summed E-state index contributed by atoms with van der Waals surface area (Å²) in [4.78, 5) is 22.7. The van der Waals surface area contributed by atoms with Crippen LogP contribution in [-0.2, 0) is 19.9 Å². The minimum atomic E-state index is -1.70. The molecule has 0 bridgehead atoms. The third-order valence-electron chi connectivity index (χ3n) is 3.96. The number of carbonyl (C=O) groups excluding carboxylic acids is 1. The Bertz CT molecular complexity index is 745. The summed E-state index contributed by atoms with van der Waals surface area (Å²) >= 11 is 0. The Labute approximate surface area is 137 Å². The Balaban J connectivity index is 2.05. The summed E-state index contributed by atoms with van der Waals surface area (Å²) in [6, 6.07) is 13.9. The first-order valence-corrected chi connectivity index (χ1v) is 7.35. The largest absolute Gasteiger partial charge is 0.461 e. The van der Waals surface area contributed by atoms with E-state index in [0.29, 0.717) is 11.1 Å². The molecule has 0 radical (unpaired) electrons. The SMILES string of the molecule is O=C1OCCO[C@]1(c1ccccc1)[C@H](O)c1ccc([N+](=O)[O-])cc1. The van der Waals surface area contributed by atoms with Crippen molar-refractivity contribution >= 4 is 11.7 Å². The number of esters is 1. The van der Waals surface area contributed by atoms with Gasteiger partial charge in [0.05, 0.1) is 11.5 Å². The quantitative estimate of drug-likeness (QED) is 0.524. The number of aliphatic hydroxyl groups is 1. The molecular formula is C17H15NO6. The van der Waals surface area contributed by atoms with Crippen LogP contribution in [0.3, 0.4) is 0 Å². The molecule has 3 rings (SSSR count). The summed E-state index contributed by atoms with van der Waals surface area (Å²) < 4.78 is 10.8. The van der Waals surface area contributed by atoms with Gasteiger partial charge in [-0.25, -0.2) is 4.79 Å². The summed E-state index contributed by atoms with van der Waals surface area (Å²) in [6.45, 7) is 0.255. The van der Waals surface area contributed by atoms with Crippen LogP contribution in [-0.4, -0.2) is 29.2 Å². The molecule has 1 aliphatic heterocycles. The van der Waals surface area contributed by atoms with Gasteiger partial charge in [-0.3, -0.25) is 10.1 Å². The molecule has 1 N–H and O–H groups in total. The van der Waals surface area contributed by atoms with Gasteiger partial charge in [0.2, 0.25) is 5.60 Å². The number of hydrogen-bond donors (Lipinski definition) is 1. The molecule has 124 valence electrons. The molecule has 0 saturated carbocycles. The van der Waals surface area contributed by atoms with E-state index in [4.69, 9.17) is 9.47 Å². The maximum atomic E-state index is 12.5. The molecule has 0 spiro atoms. The molecule has 2 atom stereocenters. The van der Waals surface area contributed by atoms with Crippen LogP contribution in [0.4, 0.5) is 5.69 Å². The molecule has 0 aliphatic carbocycles. The van der Waals surface area contributed by atoms with Gasteiger partial charge in [-0.15, -0.1) is 0 Å². The zero-order valence-electron chi connectivity index (χ0n) is 12.6. The number of nitrogens with zero attached hydrogens (tertiary/aromatic N) is 1. The summed E-state index contributed by atoms with van der Waals surface area (Å²) in [5.41, 5.74) is -1.02. The van der Waals surface area contributed by atoms with Crippen molar-refractivity contribution in [1.82, 2.24) is 0 Å². The van der Waals surface area contributed by atoms with Crippen molar-refractivity contribution in [3.8, 4) is 0 Å². The Morgan fingerprint density at radius 1 is 1.08 bits per heavy atom. The van der Waals surface area contributed by atoms with Crippen LogP contribution < -0.4 is 0 Å². The number of cyclic esters (lactones) is 1. The van der Waals surface area contributed by atoms with E-state index in [1.165, 1.54) is 24.3 Å². The van der Waals surface area contributed by atoms with E-state index in [0.717, 1.165) is 0 Å². The number of ether oxygens (including phenoxy) is 2. The van der Waals surface area contributed by atoms with Gasteiger partial charge in [0, 0.05) is 12.1 Å². The predicted octanol–water partition coefficient (Wildman–Crippen LogP) is 2.10. The Hall–Kier alpha value is -2.77. The second-order valence-corrected chi connectivity index (χ2v) is 5.34. The van der Waals surface area contributed by atoms with E-state index in [9.17, 15) is 20.0 Å². The molecule has 1 saturated heterocycles. The second-order valence-electron chi connectivity index (χ2n) is 5.34. The number of hydrogen-bond acceptors (Lipinski definition) is 6. The van der Waals surface area contributed by atoms with Crippen molar-refractivity contribution in [2.24, 2.45) is 0 Å². The lowest BCUT2D eigenvalue weighted by atomic mass is 9.83. The van der Waals surface area contributed by atoms with Crippen molar-refractivity contribution < 1.29 is 24.3 Å². The third-order valence-corrected chi connectivity index (χ3v) is 3.96. The lowest BCUT2D eigenvalue weighted by Crippen LogP contribution is -2.49. The van der Waals surface area contributed by atoms with Gasteiger partial charge in [-0.05, 0) is 23.3 Å². The van der Waals surface area contributed by atoms with E-state index in [1.807, 2.05) is 0 Å². The first-order valence-electron chi connectivity index (χ1n) is 7.35. The van der Waals surface area contributed by atoms with E-state index < -0.39 is 22.6 Å². The van der Waals surface area contributed by atoms with Gasteiger partial charge in [-0.2, -0.15) is 0 Å². The first kappa shape index (κ1) is 16.1. The molecule has 1 heterocycles. The Kier molecular flexibility index (Phi) is 4.28. The fourth-order valence-corrected chi connectivity index (χ4v) is 2.75. The molecule has 7 nitrogen and oxygen atoms in total. The van der Waals surface area contributed by atoms with Crippen molar-refractivity contribution in [2.75, 3.05) is 13.2 Å². The molecule has 2 aromatic rings. The third kappa shape index (κ3) is 2.64. The number of nitro benzene ring substituents is 1. The summed E-state index contributed by atoms with van der Waals surface area (Å²) in [5.74, 6) is -0.689. The average molecular weight is 329 g/mol. The normalized spacial score (nSPS) is 21.8. The monoisotopic (exact) mass is 329 g/mol. The van der Waals surface area contributed by atoms with Crippen molar-refractivity contribution in [2.45, 2.75) is 11.7 Å². The Morgan fingerprint density at radius 3 is 2.33 bits per heavy atom. The molecule has 24 heavy (non-hydrogen) atoms. The number of non-ortho nitro benzene ring substituents is 1. The van der Waals surface area contributed by atoms with Gasteiger partial charge in [0.1, 0.15) is 12.7 Å². The number of nitro groups is 1. The fourth-order valence-electron chi connectivity index (χ4n) is 2.75. The highest BCUT2D eigenvalue weighted by molar-refractivity contribution is 5.83. The van der Waals surface area contributed by atoms with E-state index in [2.05, 4.69) is 0 Å². The number of benzene rings is 2. The lowest BCUT2D eigenvalue weighted by Gasteiger charge is -2.39. The molecule has 0 unspecified atom stereocenters. The van der Waals surface area contributed by atoms with Crippen LogP contribution >= 0.6 is 0 Å². The molecule has 0 aromatic heterocycles. The summed E-state index contributed by atoms with van der Waals surface area (Å²) in [6.07, 6.45) is -1.37. The highest BCUT2D eigenvalue weighted by Crippen LogP contribution is 2.41. The first-order chi connectivity index (χ1) is 11.6. The lowest BCUT2D eigenvalue weighted by molar-refractivity contribution is -0.384. The summed E-state index contributed by atoms with van der Waals surface area (Å²) in [5, 5.41) is 21.6. The number of rotatable bonds is 4. The molecular weight excluding hydrogens is 314 g/mol. The topological polar surface area (TPSA) is 98.9 Å². The van der Waals surface area contributed by atoms with Gasteiger partial charge in [0.25, 0.3) is 5.69 Å². The van der Waals surface area contributed by atoms with E-state index in [1.54, 1.807) is 30.3 Å². The van der Waals surface area contributed by atoms with Crippen molar-refractivity contribution in [3.63, 3.8) is 0 Å². The maximum Gasteiger partial charge on any atom is 0.346 e. The van der Waals surface area contributed by atoms with Crippen LogP contribution in [0.2, 0.25) is 0 Å². The second kappa shape index (κ2) is 6.38. The highest BCUT2D eigenvalue weighted by Gasteiger charge is 2.52. The van der Waals surface area contributed by atoms with Crippen LogP contribution in [0.25, 0.3) is 0 Å². The van der Waals surface area contributed by atoms with Crippen molar-refractivity contribution in [3.05, 3.63) is 75.8 Å². The van der Waals surface area contributed by atoms with Gasteiger partial charge >= 0.3 is 5.97 Å². The zero-order chi connectivity index (χ0) is 17.2. The smallest absolute Gasteiger partial charge is 0.346 e. The molecule has 1 aliphatic rings. The van der Waals surface area contributed by atoms with E-state index >= 15 is 0 Å². The maximum absolute atomic E-state index is 12.5. The number of aliphatic hydroxyl groups excluding tert-OH is 1. The highest BCUT2D eigenvalue weighted by atomic mass is 16.6. The van der Waals surface area contributed by atoms with Gasteiger partial charge in [0.15, 0.2) is 0 Å². The summed E-state index contributed by atoms with van der Waals surface area (Å²) in [7, 11) is 0. The molecule has 2 aromatic carbocycles. The average Bonchev–Trinajstić information content (AvgIpc) is 2.62. The molecule has 1 fully saturated rings.